The monoisotopic (exact) mass is 222 g/mol. The van der Waals surface area contributed by atoms with Crippen LogP contribution < -0.4 is 5.32 Å². The summed E-state index contributed by atoms with van der Waals surface area (Å²) in [4.78, 5) is 4.13. The Hall–Kier alpha value is -0.960. The van der Waals surface area contributed by atoms with Gasteiger partial charge in [0.2, 0.25) is 0 Å². The number of hydrogen-bond donors (Lipinski definition) is 1. The van der Waals surface area contributed by atoms with E-state index in [1.165, 1.54) is 5.56 Å². The Morgan fingerprint density at radius 3 is 2.27 bits per heavy atom. The first kappa shape index (κ1) is 12.1. The summed E-state index contributed by atoms with van der Waals surface area (Å²) >= 11 is 1.61. The highest BCUT2D eigenvalue weighted by Crippen LogP contribution is 2.17. The van der Waals surface area contributed by atoms with Crippen LogP contribution in [0.25, 0.3) is 0 Å². The number of amidine groups is 1. The predicted octanol–water partition coefficient (Wildman–Crippen LogP) is 3.57. The lowest BCUT2D eigenvalue weighted by molar-refractivity contribution is 0.867. The van der Waals surface area contributed by atoms with Crippen molar-refractivity contribution in [3.63, 3.8) is 0 Å². The Morgan fingerprint density at radius 2 is 1.87 bits per heavy atom. The Labute approximate surface area is 96.2 Å². The fourth-order valence-corrected chi connectivity index (χ4v) is 1.68. The minimum absolute atomic E-state index is 0.582. The third-order valence-electron chi connectivity index (χ3n) is 2.23. The molecular formula is C12H18N2S. The van der Waals surface area contributed by atoms with E-state index in [-0.39, 0.29) is 0 Å². The fraction of sp³-hybridized carbons (Fsp3) is 0.417. The molecule has 2 nitrogen and oxygen atoms in total. The average Bonchev–Trinajstić information content (AvgIpc) is 2.26. The number of benzene rings is 1. The molecule has 1 N–H and O–H groups in total. The molecule has 0 aliphatic carbocycles. The number of aliphatic imine (C=N–C) groups is 1. The SMILES string of the molecule is CN=C(Nc1ccc(C(C)C)cc1)SC. The van der Waals surface area contributed by atoms with Crippen molar-refractivity contribution >= 4 is 22.6 Å². The number of anilines is 1. The minimum atomic E-state index is 0.582. The van der Waals surface area contributed by atoms with Crippen molar-refractivity contribution in [1.29, 1.82) is 0 Å². The van der Waals surface area contributed by atoms with Crippen LogP contribution in [0.5, 0.6) is 0 Å². The number of hydrogen-bond acceptors (Lipinski definition) is 2. The maximum absolute atomic E-state index is 4.13. The summed E-state index contributed by atoms with van der Waals surface area (Å²) in [5, 5.41) is 4.19. The molecule has 0 bridgehead atoms. The Kier molecular flexibility index (Phi) is 4.69. The van der Waals surface area contributed by atoms with Gasteiger partial charge >= 0.3 is 0 Å². The predicted molar refractivity (Wildman–Crippen MR) is 71.0 cm³/mol. The molecule has 0 saturated carbocycles. The fourth-order valence-electron chi connectivity index (χ4n) is 1.27. The van der Waals surface area contributed by atoms with E-state index in [2.05, 4.69) is 48.4 Å². The van der Waals surface area contributed by atoms with E-state index in [1.807, 2.05) is 6.26 Å². The minimum Gasteiger partial charge on any atom is -0.335 e. The van der Waals surface area contributed by atoms with Crippen LogP contribution in [0, 0.1) is 0 Å². The second-order valence-corrected chi connectivity index (χ2v) is 4.43. The first-order valence-electron chi connectivity index (χ1n) is 5.05. The zero-order valence-electron chi connectivity index (χ0n) is 9.74. The third-order valence-corrected chi connectivity index (χ3v) is 2.90. The Balaban J connectivity index is 2.72. The van der Waals surface area contributed by atoms with Crippen LogP contribution >= 0.6 is 11.8 Å². The molecule has 1 rings (SSSR count). The van der Waals surface area contributed by atoms with Gasteiger partial charge in [0.15, 0.2) is 5.17 Å². The largest absolute Gasteiger partial charge is 0.335 e. The summed E-state index contributed by atoms with van der Waals surface area (Å²) in [5.41, 5.74) is 2.45. The van der Waals surface area contributed by atoms with E-state index in [4.69, 9.17) is 0 Å². The van der Waals surface area contributed by atoms with E-state index in [9.17, 15) is 0 Å². The lowest BCUT2D eigenvalue weighted by Crippen LogP contribution is -2.06. The summed E-state index contributed by atoms with van der Waals surface area (Å²) in [6.45, 7) is 4.40. The van der Waals surface area contributed by atoms with Gasteiger partial charge < -0.3 is 5.32 Å². The highest BCUT2D eigenvalue weighted by molar-refractivity contribution is 8.13. The zero-order chi connectivity index (χ0) is 11.3. The molecule has 82 valence electrons. The Morgan fingerprint density at radius 1 is 1.27 bits per heavy atom. The maximum Gasteiger partial charge on any atom is 0.160 e. The number of nitrogens with one attached hydrogen (secondary N) is 1. The second-order valence-electron chi connectivity index (χ2n) is 3.63. The van der Waals surface area contributed by atoms with Crippen LogP contribution in [-0.2, 0) is 0 Å². The smallest absolute Gasteiger partial charge is 0.160 e. The van der Waals surface area contributed by atoms with Gasteiger partial charge in [-0.25, -0.2) is 0 Å². The van der Waals surface area contributed by atoms with Crippen LogP contribution in [0.4, 0.5) is 5.69 Å². The normalized spacial score (nSPS) is 11.9. The van der Waals surface area contributed by atoms with Gasteiger partial charge in [-0.05, 0) is 29.9 Å². The van der Waals surface area contributed by atoms with Gasteiger partial charge in [0, 0.05) is 12.7 Å². The van der Waals surface area contributed by atoms with Crippen molar-refractivity contribution in [3.8, 4) is 0 Å². The van der Waals surface area contributed by atoms with Gasteiger partial charge in [-0.2, -0.15) is 0 Å². The molecule has 0 aromatic heterocycles. The topological polar surface area (TPSA) is 24.4 Å². The molecule has 0 atom stereocenters. The lowest BCUT2D eigenvalue weighted by Gasteiger charge is -2.09. The molecule has 0 fully saturated rings. The molecular weight excluding hydrogens is 204 g/mol. The molecule has 0 saturated heterocycles. The van der Waals surface area contributed by atoms with E-state index in [0.29, 0.717) is 5.92 Å². The van der Waals surface area contributed by atoms with Gasteiger partial charge in [0.25, 0.3) is 0 Å². The Bertz CT molecular complexity index is 328. The molecule has 1 aromatic rings. The second kappa shape index (κ2) is 5.81. The van der Waals surface area contributed by atoms with Crippen LogP contribution in [0.2, 0.25) is 0 Å². The van der Waals surface area contributed by atoms with Gasteiger partial charge in [0.05, 0.1) is 0 Å². The highest BCUT2D eigenvalue weighted by Gasteiger charge is 2.00. The molecule has 0 aliphatic heterocycles. The first-order valence-corrected chi connectivity index (χ1v) is 6.27. The molecule has 0 unspecified atom stereocenters. The molecule has 0 heterocycles. The van der Waals surface area contributed by atoms with E-state index >= 15 is 0 Å². The molecule has 0 amide bonds. The van der Waals surface area contributed by atoms with Crippen molar-refractivity contribution in [3.05, 3.63) is 29.8 Å². The quantitative estimate of drug-likeness (QED) is 0.611. The molecule has 0 aliphatic rings. The van der Waals surface area contributed by atoms with Crippen molar-refractivity contribution in [2.75, 3.05) is 18.6 Å². The van der Waals surface area contributed by atoms with E-state index < -0.39 is 0 Å². The molecule has 3 heteroatoms. The number of thioether (sulfide) groups is 1. The van der Waals surface area contributed by atoms with Gasteiger partial charge in [-0.1, -0.05) is 37.7 Å². The van der Waals surface area contributed by atoms with E-state index in [1.54, 1.807) is 18.8 Å². The summed E-state index contributed by atoms with van der Waals surface area (Å²) in [6, 6.07) is 8.49. The van der Waals surface area contributed by atoms with Crippen molar-refractivity contribution < 1.29 is 0 Å². The summed E-state index contributed by atoms with van der Waals surface area (Å²) in [6.07, 6.45) is 2.01. The third kappa shape index (κ3) is 3.59. The maximum atomic E-state index is 4.13. The van der Waals surface area contributed by atoms with Gasteiger partial charge in [0.1, 0.15) is 0 Å². The van der Waals surface area contributed by atoms with Crippen LogP contribution in [-0.4, -0.2) is 18.5 Å². The van der Waals surface area contributed by atoms with Crippen LogP contribution in [0.15, 0.2) is 29.3 Å². The number of rotatable bonds is 2. The first-order chi connectivity index (χ1) is 7.17. The van der Waals surface area contributed by atoms with Crippen molar-refractivity contribution in [1.82, 2.24) is 0 Å². The molecule has 1 aromatic carbocycles. The lowest BCUT2D eigenvalue weighted by atomic mass is 10.0. The van der Waals surface area contributed by atoms with Crippen LogP contribution in [0.3, 0.4) is 0 Å². The summed E-state index contributed by atoms with van der Waals surface area (Å²) in [5.74, 6) is 0.582. The standard InChI is InChI=1S/C12H18N2S/c1-9(2)10-5-7-11(8-6-10)14-12(13-3)15-4/h5-9H,1-4H3,(H,13,14). The zero-order valence-corrected chi connectivity index (χ0v) is 10.6. The average molecular weight is 222 g/mol. The molecule has 15 heavy (non-hydrogen) atoms. The summed E-state index contributed by atoms with van der Waals surface area (Å²) in [7, 11) is 1.79. The van der Waals surface area contributed by atoms with Crippen LogP contribution in [0.1, 0.15) is 25.3 Å². The number of nitrogens with zero attached hydrogens (tertiary/aromatic N) is 1. The molecule has 0 spiro atoms. The van der Waals surface area contributed by atoms with E-state index in [0.717, 1.165) is 10.9 Å². The van der Waals surface area contributed by atoms with Crippen molar-refractivity contribution in [2.45, 2.75) is 19.8 Å². The molecule has 0 radical (unpaired) electrons. The van der Waals surface area contributed by atoms with Gasteiger partial charge in [-0.3, -0.25) is 4.99 Å². The highest BCUT2D eigenvalue weighted by atomic mass is 32.2. The van der Waals surface area contributed by atoms with Gasteiger partial charge in [-0.15, -0.1) is 0 Å². The summed E-state index contributed by atoms with van der Waals surface area (Å²) < 4.78 is 0. The van der Waals surface area contributed by atoms with Crippen molar-refractivity contribution in [2.24, 2.45) is 4.99 Å².